The lowest BCUT2D eigenvalue weighted by Gasteiger charge is -2.23. The Labute approximate surface area is 166 Å². The van der Waals surface area contributed by atoms with E-state index in [9.17, 15) is 4.79 Å². The fraction of sp³-hybridized carbons (Fsp3) is 0.333. The van der Waals surface area contributed by atoms with Gasteiger partial charge in [0.05, 0.1) is 7.11 Å². The minimum atomic E-state index is -0.489. The van der Waals surface area contributed by atoms with Crippen molar-refractivity contribution in [2.24, 2.45) is 10.7 Å². The van der Waals surface area contributed by atoms with Gasteiger partial charge in [-0.05, 0) is 30.2 Å². The fourth-order valence-corrected chi connectivity index (χ4v) is 2.77. The van der Waals surface area contributed by atoms with Crippen LogP contribution < -0.4 is 20.5 Å². The molecule has 1 amide bonds. The molecule has 0 saturated heterocycles. The Morgan fingerprint density at radius 1 is 1.18 bits per heavy atom. The van der Waals surface area contributed by atoms with Gasteiger partial charge in [0.25, 0.3) is 5.91 Å². The van der Waals surface area contributed by atoms with Gasteiger partial charge >= 0.3 is 0 Å². The van der Waals surface area contributed by atoms with E-state index in [-0.39, 0.29) is 6.61 Å². The largest absolute Gasteiger partial charge is 0.496 e. The molecule has 0 aromatic heterocycles. The molecule has 150 valence electrons. The first-order valence-corrected chi connectivity index (χ1v) is 9.07. The molecule has 0 spiro atoms. The molecule has 0 aliphatic rings. The summed E-state index contributed by atoms with van der Waals surface area (Å²) in [6.07, 6.45) is 0.831. The highest BCUT2D eigenvalue weighted by Crippen LogP contribution is 2.18. The minimum Gasteiger partial charge on any atom is -0.496 e. The van der Waals surface area contributed by atoms with Gasteiger partial charge in [-0.3, -0.25) is 9.79 Å². The number of hydrogen-bond acceptors (Lipinski definition) is 4. The zero-order valence-electron chi connectivity index (χ0n) is 16.6. The average molecular weight is 384 g/mol. The SMILES string of the molecule is CN=C(NCCc1ccc(OCC(N)=O)cc1)N(C)Cc1ccccc1OC. The van der Waals surface area contributed by atoms with Crippen LogP contribution in [0.5, 0.6) is 11.5 Å². The van der Waals surface area contributed by atoms with Crippen LogP contribution in [0.25, 0.3) is 0 Å². The maximum absolute atomic E-state index is 10.7. The number of rotatable bonds is 9. The van der Waals surface area contributed by atoms with Crippen LogP contribution in [0.3, 0.4) is 0 Å². The van der Waals surface area contributed by atoms with Gasteiger partial charge in [0.2, 0.25) is 0 Å². The van der Waals surface area contributed by atoms with E-state index in [2.05, 4.69) is 15.2 Å². The van der Waals surface area contributed by atoms with E-state index in [0.717, 1.165) is 35.8 Å². The summed E-state index contributed by atoms with van der Waals surface area (Å²) in [5.41, 5.74) is 7.33. The van der Waals surface area contributed by atoms with Crippen molar-refractivity contribution in [1.29, 1.82) is 0 Å². The summed E-state index contributed by atoms with van der Waals surface area (Å²) in [5, 5.41) is 3.37. The second-order valence-corrected chi connectivity index (χ2v) is 6.29. The summed E-state index contributed by atoms with van der Waals surface area (Å²) in [4.78, 5) is 17.2. The van der Waals surface area contributed by atoms with E-state index in [1.165, 1.54) is 0 Å². The zero-order chi connectivity index (χ0) is 20.4. The molecule has 2 aromatic rings. The molecule has 3 N–H and O–H groups in total. The number of ether oxygens (including phenoxy) is 2. The molecule has 0 unspecified atom stereocenters. The Balaban J connectivity index is 1.84. The maximum Gasteiger partial charge on any atom is 0.255 e. The summed E-state index contributed by atoms with van der Waals surface area (Å²) in [5.74, 6) is 1.82. The third-order valence-corrected chi connectivity index (χ3v) is 4.17. The second kappa shape index (κ2) is 10.8. The van der Waals surface area contributed by atoms with Crippen LogP contribution in [0, 0.1) is 0 Å². The molecule has 7 heteroatoms. The van der Waals surface area contributed by atoms with Crippen LogP contribution in [-0.4, -0.2) is 51.1 Å². The number of nitrogens with two attached hydrogens (primary N) is 1. The highest BCUT2D eigenvalue weighted by Gasteiger charge is 2.09. The molecule has 0 aliphatic carbocycles. The van der Waals surface area contributed by atoms with Crippen LogP contribution in [0.4, 0.5) is 0 Å². The summed E-state index contributed by atoms with van der Waals surface area (Å²) in [7, 11) is 5.44. The number of amides is 1. The van der Waals surface area contributed by atoms with Crippen molar-refractivity contribution in [1.82, 2.24) is 10.2 Å². The highest BCUT2D eigenvalue weighted by molar-refractivity contribution is 5.79. The average Bonchev–Trinajstić information content (AvgIpc) is 2.70. The summed E-state index contributed by atoms with van der Waals surface area (Å²) < 4.78 is 10.7. The topological polar surface area (TPSA) is 89.2 Å². The van der Waals surface area contributed by atoms with E-state index < -0.39 is 5.91 Å². The van der Waals surface area contributed by atoms with E-state index in [0.29, 0.717) is 12.3 Å². The molecule has 0 saturated carbocycles. The van der Waals surface area contributed by atoms with Crippen molar-refractivity contribution >= 4 is 11.9 Å². The Bertz CT molecular complexity index is 790. The van der Waals surface area contributed by atoms with Crippen molar-refractivity contribution in [2.45, 2.75) is 13.0 Å². The predicted octanol–water partition coefficient (Wildman–Crippen LogP) is 1.81. The van der Waals surface area contributed by atoms with Crippen LogP contribution in [0.1, 0.15) is 11.1 Å². The van der Waals surface area contributed by atoms with Gasteiger partial charge in [-0.1, -0.05) is 30.3 Å². The van der Waals surface area contributed by atoms with Crippen LogP contribution in [0.2, 0.25) is 0 Å². The number of nitrogens with one attached hydrogen (secondary N) is 1. The zero-order valence-corrected chi connectivity index (χ0v) is 16.6. The van der Waals surface area contributed by atoms with E-state index >= 15 is 0 Å². The number of carbonyl (C=O) groups is 1. The lowest BCUT2D eigenvalue weighted by Crippen LogP contribution is -2.39. The Hall–Kier alpha value is -3.22. The lowest BCUT2D eigenvalue weighted by atomic mass is 10.1. The van der Waals surface area contributed by atoms with Crippen molar-refractivity contribution in [2.75, 3.05) is 34.4 Å². The van der Waals surface area contributed by atoms with Gasteiger partial charge in [-0.15, -0.1) is 0 Å². The van der Waals surface area contributed by atoms with E-state index in [4.69, 9.17) is 15.2 Å². The highest BCUT2D eigenvalue weighted by atomic mass is 16.5. The molecule has 0 radical (unpaired) electrons. The molecule has 0 atom stereocenters. The molecule has 2 aromatic carbocycles. The Kier molecular flexibility index (Phi) is 8.14. The summed E-state index contributed by atoms with van der Waals surface area (Å²) in [6.45, 7) is 1.32. The van der Waals surface area contributed by atoms with Crippen molar-refractivity contribution < 1.29 is 14.3 Å². The van der Waals surface area contributed by atoms with Crippen molar-refractivity contribution in [3.63, 3.8) is 0 Å². The first-order chi connectivity index (χ1) is 13.5. The maximum atomic E-state index is 10.7. The van der Waals surface area contributed by atoms with Gasteiger partial charge < -0.3 is 25.4 Å². The predicted molar refractivity (Wildman–Crippen MR) is 111 cm³/mol. The second-order valence-electron chi connectivity index (χ2n) is 6.29. The molecular formula is C21H28N4O3. The molecule has 28 heavy (non-hydrogen) atoms. The van der Waals surface area contributed by atoms with Crippen LogP contribution in [0.15, 0.2) is 53.5 Å². The van der Waals surface area contributed by atoms with Crippen molar-refractivity contribution in [3.05, 3.63) is 59.7 Å². The van der Waals surface area contributed by atoms with E-state index in [1.807, 2.05) is 55.6 Å². The van der Waals surface area contributed by atoms with Crippen LogP contribution in [-0.2, 0) is 17.8 Å². The quantitative estimate of drug-likeness (QED) is 0.508. The monoisotopic (exact) mass is 384 g/mol. The molecule has 0 fully saturated rings. The number of guanidine groups is 1. The summed E-state index contributed by atoms with van der Waals surface area (Å²) in [6, 6.07) is 15.6. The van der Waals surface area contributed by atoms with Crippen LogP contribution >= 0.6 is 0 Å². The van der Waals surface area contributed by atoms with Gasteiger partial charge in [-0.25, -0.2) is 0 Å². The number of para-hydroxylation sites is 1. The molecule has 0 heterocycles. The molecule has 0 bridgehead atoms. The number of methoxy groups -OCH3 is 1. The first kappa shape index (κ1) is 21.1. The number of aliphatic imine (C=N–C) groups is 1. The number of benzene rings is 2. The third-order valence-electron chi connectivity index (χ3n) is 4.17. The number of primary amides is 1. The van der Waals surface area contributed by atoms with E-state index in [1.54, 1.807) is 14.2 Å². The molecule has 2 rings (SSSR count). The number of carbonyl (C=O) groups excluding carboxylic acids is 1. The number of hydrogen-bond donors (Lipinski definition) is 2. The van der Waals surface area contributed by atoms with Gasteiger partial charge in [-0.2, -0.15) is 0 Å². The third kappa shape index (κ3) is 6.50. The number of nitrogens with zero attached hydrogens (tertiary/aromatic N) is 2. The fourth-order valence-electron chi connectivity index (χ4n) is 2.77. The normalized spacial score (nSPS) is 11.0. The molecular weight excluding hydrogens is 356 g/mol. The Morgan fingerprint density at radius 2 is 1.89 bits per heavy atom. The molecule has 7 nitrogen and oxygen atoms in total. The van der Waals surface area contributed by atoms with Gasteiger partial charge in [0.1, 0.15) is 11.5 Å². The van der Waals surface area contributed by atoms with Crippen molar-refractivity contribution in [3.8, 4) is 11.5 Å². The summed E-state index contributed by atoms with van der Waals surface area (Å²) >= 11 is 0. The Morgan fingerprint density at radius 3 is 2.54 bits per heavy atom. The standard InChI is InChI=1S/C21H28N4O3/c1-23-21(25(2)14-17-6-4-5-7-19(17)27-3)24-13-12-16-8-10-18(11-9-16)28-15-20(22)26/h4-11H,12-15H2,1-3H3,(H2,22,26)(H,23,24). The van der Waals surface area contributed by atoms with Gasteiger partial charge in [0, 0.05) is 32.7 Å². The lowest BCUT2D eigenvalue weighted by molar-refractivity contribution is -0.119. The van der Waals surface area contributed by atoms with Gasteiger partial charge in [0.15, 0.2) is 12.6 Å². The molecule has 0 aliphatic heterocycles. The minimum absolute atomic E-state index is 0.115. The smallest absolute Gasteiger partial charge is 0.255 e. The first-order valence-electron chi connectivity index (χ1n) is 9.07.